The molecule has 0 aliphatic rings. The summed E-state index contributed by atoms with van der Waals surface area (Å²) in [6.45, 7) is 0. The van der Waals surface area contributed by atoms with Gasteiger partial charge < -0.3 is 24.0 Å². The summed E-state index contributed by atoms with van der Waals surface area (Å²) in [7, 11) is 0. The minimum Gasteiger partial charge on any atom is -1.00 e. The Balaban J connectivity index is 0. The van der Waals surface area contributed by atoms with E-state index < -0.39 is 34.7 Å². The first kappa shape index (κ1) is 13.3. The quantitative estimate of drug-likeness (QED) is 0.311. The van der Waals surface area contributed by atoms with Gasteiger partial charge in [0.15, 0.2) is 0 Å². The zero-order valence-electron chi connectivity index (χ0n) is 4.47. The number of rotatable bonds is 0. The van der Waals surface area contributed by atoms with Crippen molar-refractivity contribution in [1.82, 2.24) is 0 Å². The molecule has 0 radical (unpaired) electrons. The summed E-state index contributed by atoms with van der Waals surface area (Å²) in [6.07, 6.45) is -5.15. The van der Waals surface area contributed by atoms with Crippen molar-refractivity contribution < 1.29 is 64.2 Å². The molecule has 0 saturated carbocycles. The molecule has 0 heterocycles. The summed E-state index contributed by atoms with van der Waals surface area (Å²) in [5.41, 5.74) is 0. The average molecular weight is 323 g/mol. The van der Waals surface area contributed by atoms with Gasteiger partial charge in [0, 0.05) is 0 Å². The molecule has 0 aromatic rings. The largest absolute Gasteiger partial charge is 1.00 e. The maximum absolute atomic E-state index is 11.4. The Morgan fingerprint density at radius 1 is 1.10 bits per heavy atom. The van der Waals surface area contributed by atoms with Crippen LogP contribution in [0.1, 0.15) is 0 Å². The number of alkyl halides is 3. The van der Waals surface area contributed by atoms with E-state index in [1.165, 1.54) is 0 Å². The van der Waals surface area contributed by atoms with E-state index in [1.807, 2.05) is 0 Å². The van der Waals surface area contributed by atoms with Crippen LogP contribution < -0.4 is 24.0 Å². The van der Waals surface area contributed by atoms with E-state index in [2.05, 4.69) is 0 Å². The molecule has 0 amide bonds. The van der Waals surface area contributed by atoms with E-state index in [4.69, 9.17) is 0 Å². The van der Waals surface area contributed by atoms with Crippen LogP contribution in [-0.2, 0) is 18.3 Å². The molecule has 0 aliphatic heterocycles. The van der Waals surface area contributed by atoms with E-state index >= 15 is 0 Å². The van der Waals surface area contributed by atoms with Crippen molar-refractivity contribution in [1.29, 1.82) is 0 Å². The molecule has 0 nitrogen and oxygen atoms in total. The summed E-state index contributed by atoms with van der Waals surface area (Å²) >= 11 is -0.453. The van der Waals surface area contributed by atoms with Crippen LogP contribution in [-0.4, -0.2) is 6.18 Å². The van der Waals surface area contributed by atoms with Crippen LogP contribution in [0.4, 0.5) is 22.0 Å². The second-order valence-corrected chi connectivity index (χ2v) is 2.52. The van der Waals surface area contributed by atoms with Crippen LogP contribution in [0, 0.1) is 0 Å². The third-order valence-electron chi connectivity index (χ3n) is 0.487. The summed E-state index contributed by atoms with van der Waals surface area (Å²) in [5.74, 6) is -2.61. The summed E-state index contributed by atoms with van der Waals surface area (Å²) in [6, 6.07) is 0. The Morgan fingerprint density at radius 3 is 1.40 bits per heavy atom. The number of hydrogen-bond donors (Lipinski definition) is 0. The summed E-state index contributed by atoms with van der Waals surface area (Å²) in [4.78, 5) is 0. The topological polar surface area (TPSA) is 0 Å². The van der Waals surface area contributed by atoms with Crippen molar-refractivity contribution in [3.05, 3.63) is 10.2 Å². The van der Waals surface area contributed by atoms with Gasteiger partial charge >= 0.3 is 56.7 Å². The van der Waals surface area contributed by atoms with Crippen molar-refractivity contribution in [3.63, 3.8) is 0 Å². The van der Waals surface area contributed by atoms with E-state index in [9.17, 15) is 22.0 Å². The zero-order chi connectivity index (χ0) is 7.65. The Labute approximate surface area is 80.6 Å². The van der Waals surface area contributed by atoms with E-state index in [0.717, 1.165) is 0 Å². The van der Waals surface area contributed by atoms with Gasteiger partial charge in [-0.15, -0.1) is 0 Å². The molecule has 0 bridgehead atoms. The molecular weight excluding hydrogens is 323 g/mol. The third-order valence-corrected chi connectivity index (χ3v) is 1.14. The van der Waals surface area contributed by atoms with Gasteiger partial charge in [0.05, 0.1) is 0 Å². The van der Waals surface area contributed by atoms with Gasteiger partial charge in [-0.2, -0.15) is 0 Å². The van der Waals surface area contributed by atoms with Crippen LogP contribution in [0.2, 0.25) is 0 Å². The van der Waals surface area contributed by atoms with Crippen molar-refractivity contribution in [2.75, 3.05) is 0 Å². The number of hydrogen-bond acceptors (Lipinski definition) is 0. The van der Waals surface area contributed by atoms with Gasteiger partial charge in [-0.1, -0.05) is 0 Å². The minimum absolute atomic E-state index is 0. The molecule has 56 valence electrons. The number of allylic oxidation sites excluding steroid dienone is 1. The van der Waals surface area contributed by atoms with E-state index in [-0.39, 0.29) is 24.0 Å². The second-order valence-electron chi connectivity index (χ2n) is 1.22. The first-order valence-electron chi connectivity index (χ1n) is 1.80. The average Bonchev–Trinajstić information content (AvgIpc) is 1.62. The fourth-order valence-electron chi connectivity index (χ4n) is 0.154. The smallest absolute Gasteiger partial charge is 1.00 e. The molecule has 0 aromatic heterocycles. The Hall–Kier alpha value is 0.743. The van der Waals surface area contributed by atoms with E-state index in [0.29, 0.717) is 0 Å². The molecule has 0 atom stereocenters. The van der Waals surface area contributed by atoms with Crippen molar-refractivity contribution >= 4 is 0 Å². The monoisotopic (exact) mass is 322 g/mol. The van der Waals surface area contributed by atoms with Crippen LogP contribution in [0.25, 0.3) is 0 Å². The predicted octanol–water partition coefficient (Wildman–Crippen LogP) is -0.792. The van der Waals surface area contributed by atoms with Crippen LogP contribution in [0.15, 0.2) is 10.2 Å². The SMILES string of the molecule is F[C]([Zn+])=C(F)C(F)(F)F.[I-]. The molecule has 0 aliphatic carbocycles. The molecule has 0 N–H and O–H groups in total. The number of halogens is 6. The molecule has 0 fully saturated rings. The van der Waals surface area contributed by atoms with E-state index in [1.54, 1.807) is 0 Å². The fraction of sp³-hybridized carbons (Fsp3) is 0.333. The van der Waals surface area contributed by atoms with Gasteiger partial charge in [0.2, 0.25) is 0 Å². The molecule has 0 spiro atoms. The second kappa shape index (κ2) is 4.59. The molecule has 0 unspecified atom stereocenters. The Morgan fingerprint density at radius 2 is 1.40 bits per heavy atom. The molecule has 0 saturated heterocycles. The van der Waals surface area contributed by atoms with Crippen LogP contribution in [0.5, 0.6) is 0 Å². The van der Waals surface area contributed by atoms with Gasteiger partial charge in [0.25, 0.3) is 0 Å². The van der Waals surface area contributed by atoms with Gasteiger partial charge in [-0.05, 0) is 0 Å². The standard InChI is InChI=1S/C3F5.HI.Zn/c4-1-2(5)3(6,7)8;;/h;1H;/q;;+1/p-1. The van der Waals surface area contributed by atoms with Gasteiger partial charge in [-0.25, -0.2) is 0 Å². The zero-order valence-corrected chi connectivity index (χ0v) is 9.60. The summed E-state index contributed by atoms with van der Waals surface area (Å²) < 4.78 is 54.3. The minimum atomic E-state index is -5.15. The van der Waals surface area contributed by atoms with Crippen molar-refractivity contribution in [2.45, 2.75) is 6.18 Å². The van der Waals surface area contributed by atoms with Gasteiger partial charge in [0.1, 0.15) is 0 Å². The Kier molecular flexibility index (Phi) is 6.12. The first-order valence-corrected chi connectivity index (χ1v) is 3.28. The molecule has 0 aromatic carbocycles. The molecule has 0 rings (SSSR count). The normalized spacial score (nSPS) is 13.9. The van der Waals surface area contributed by atoms with Gasteiger partial charge in [-0.3, -0.25) is 0 Å². The molecular formula is C3F5IZn. The fourth-order valence-corrected chi connectivity index (χ4v) is 0.574. The predicted molar refractivity (Wildman–Crippen MR) is 15.3 cm³/mol. The third kappa shape index (κ3) is 4.54. The maximum atomic E-state index is 11.4. The van der Waals surface area contributed by atoms with Crippen LogP contribution in [0.3, 0.4) is 0 Å². The van der Waals surface area contributed by atoms with Crippen molar-refractivity contribution in [3.8, 4) is 0 Å². The summed E-state index contributed by atoms with van der Waals surface area (Å²) in [5, 5.41) is 0. The Bertz CT molecular complexity index is 134. The molecule has 10 heavy (non-hydrogen) atoms. The molecule has 7 heteroatoms. The van der Waals surface area contributed by atoms with Crippen molar-refractivity contribution in [2.24, 2.45) is 0 Å². The van der Waals surface area contributed by atoms with Crippen LogP contribution >= 0.6 is 0 Å². The first-order chi connectivity index (χ1) is 3.85. The maximum Gasteiger partial charge on any atom is -1.00 e.